The minimum absolute atomic E-state index is 0.127. The topological polar surface area (TPSA) is 12.5 Å². The van der Waals surface area contributed by atoms with Crippen LogP contribution in [0.4, 0.5) is 0 Å². The Morgan fingerprint density at radius 2 is 1.91 bits per heavy atom. The van der Waals surface area contributed by atoms with Gasteiger partial charge in [0.1, 0.15) is 5.60 Å². The number of alkyl halides is 1. The highest BCUT2D eigenvalue weighted by Crippen LogP contribution is 2.43. The summed E-state index contributed by atoms with van der Waals surface area (Å²) in [5.74, 6) is 1.48. The van der Waals surface area contributed by atoms with Gasteiger partial charge in [-0.25, -0.2) is 0 Å². The van der Waals surface area contributed by atoms with Crippen LogP contribution in [0.25, 0.3) is 0 Å². The van der Waals surface area contributed by atoms with Crippen molar-refractivity contribution in [1.29, 1.82) is 0 Å². The van der Waals surface area contributed by atoms with Crippen LogP contribution in [0.15, 0.2) is 0 Å². The molecule has 11 heavy (non-hydrogen) atoms. The van der Waals surface area contributed by atoms with Crippen LogP contribution in [-0.2, 0) is 4.74 Å². The van der Waals surface area contributed by atoms with E-state index in [1.807, 2.05) is 0 Å². The Morgan fingerprint density at radius 3 is 2.36 bits per heavy atom. The third kappa shape index (κ3) is 1.41. The largest absolute Gasteiger partial charge is 0.368 e. The molecule has 1 saturated carbocycles. The highest BCUT2D eigenvalue weighted by Gasteiger charge is 2.50. The quantitative estimate of drug-likeness (QED) is 0.463. The Bertz CT molecular complexity index is 136. The second-order valence-electron chi connectivity index (χ2n) is 3.82. The third-order valence-corrected chi connectivity index (χ3v) is 3.54. The molecule has 0 aromatic carbocycles. The fourth-order valence-corrected chi connectivity index (χ4v) is 2.52. The molecule has 1 saturated heterocycles. The second kappa shape index (κ2) is 2.95. The Hall–Kier alpha value is 0.250. The van der Waals surface area contributed by atoms with Crippen molar-refractivity contribution in [2.45, 2.75) is 37.7 Å². The van der Waals surface area contributed by atoms with E-state index < -0.39 is 0 Å². The minimum Gasteiger partial charge on any atom is -0.368 e. The molecule has 0 spiro atoms. The molecule has 0 bridgehead atoms. The van der Waals surface area contributed by atoms with Gasteiger partial charge in [-0.2, -0.15) is 0 Å². The summed E-state index contributed by atoms with van der Waals surface area (Å²) >= 11 is 5.86. The van der Waals surface area contributed by atoms with E-state index >= 15 is 0 Å². The summed E-state index contributed by atoms with van der Waals surface area (Å²) in [6.45, 7) is 0.918. The average molecular weight is 175 g/mol. The summed E-state index contributed by atoms with van der Waals surface area (Å²) < 4.78 is 5.45. The van der Waals surface area contributed by atoms with Gasteiger partial charge in [0.15, 0.2) is 0 Å². The molecule has 1 heterocycles. The van der Waals surface area contributed by atoms with Gasteiger partial charge < -0.3 is 4.74 Å². The van der Waals surface area contributed by atoms with E-state index in [2.05, 4.69) is 0 Å². The fraction of sp³-hybridized carbons (Fsp3) is 1.00. The van der Waals surface area contributed by atoms with Crippen LogP contribution in [0.2, 0.25) is 0 Å². The Labute approximate surface area is 73.1 Å². The Kier molecular flexibility index (Phi) is 2.11. The number of ether oxygens (including phenoxy) is 1. The molecule has 0 aromatic heterocycles. The van der Waals surface area contributed by atoms with Gasteiger partial charge in [-0.1, -0.05) is 19.3 Å². The van der Waals surface area contributed by atoms with Crippen molar-refractivity contribution < 1.29 is 4.74 Å². The fourth-order valence-electron chi connectivity index (χ4n) is 2.14. The molecule has 0 N–H and O–H groups in total. The van der Waals surface area contributed by atoms with Gasteiger partial charge in [-0.05, 0) is 18.8 Å². The number of hydrogen-bond donors (Lipinski definition) is 0. The van der Waals surface area contributed by atoms with Crippen LogP contribution < -0.4 is 0 Å². The smallest absolute Gasteiger partial charge is 0.108 e. The third-order valence-electron chi connectivity index (χ3n) is 3.09. The van der Waals surface area contributed by atoms with Crippen molar-refractivity contribution in [3.63, 3.8) is 0 Å². The average Bonchev–Trinajstić information content (AvgIpc) is 2.86. The van der Waals surface area contributed by atoms with Crippen LogP contribution in [0, 0.1) is 5.92 Å². The van der Waals surface area contributed by atoms with Gasteiger partial charge in [0, 0.05) is 0 Å². The zero-order valence-electron chi connectivity index (χ0n) is 6.81. The van der Waals surface area contributed by atoms with Crippen LogP contribution in [0.5, 0.6) is 0 Å². The first-order valence-electron chi connectivity index (χ1n) is 4.57. The van der Waals surface area contributed by atoms with Crippen molar-refractivity contribution in [3.8, 4) is 0 Å². The SMILES string of the molecule is ClCC1(C2CCCCC2)CO1. The molecule has 2 aliphatic rings. The lowest BCUT2D eigenvalue weighted by Gasteiger charge is -2.26. The highest BCUT2D eigenvalue weighted by molar-refractivity contribution is 6.18. The summed E-state index contributed by atoms with van der Waals surface area (Å²) in [6, 6.07) is 0. The molecule has 0 radical (unpaired) electrons. The van der Waals surface area contributed by atoms with E-state index in [0.29, 0.717) is 5.88 Å². The lowest BCUT2D eigenvalue weighted by molar-refractivity contribution is 0.192. The van der Waals surface area contributed by atoms with E-state index in [0.717, 1.165) is 12.5 Å². The van der Waals surface area contributed by atoms with Crippen LogP contribution in [0.3, 0.4) is 0 Å². The lowest BCUT2D eigenvalue weighted by Crippen LogP contribution is -2.28. The summed E-state index contributed by atoms with van der Waals surface area (Å²) in [7, 11) is 0. The molecular formula is C9H15ClO. The maximum absolute atomic E-state index is 5.86. The van der Waals surface area contributed by atoms with Crippen LogP contribution in [0.1, 0.15) is 32.1 Å². The number of rotatable bonds is 2. The van der Waals surface area contributed by atoms with Gasteiger partial charge >= 0.3 is 0 Å². The monoisotopic (exact) mass is 174 g/mol. The number of epoxide rings is 1. The first-order valence-corrected chi connectivity index (χ1v) is 5.11. The normalized spacial score (nSPS) is 39.0. The van der Waals surface area contributed by atoms with Gasteiger partial charge in [0.25, 0.3) is 0 Å². The number of hydrogen-bond acceptors (Lipinski definition) is 1. The van der Waals surface area contributed by atoms with Crippen LogP contribution >= 0.6 is 11.6 Å². The van der Waals surface area contributed by atoms with Gasteiger partial charge in [0.05, 0.1) is 12.5 Å². The molecule has 2 rings (SSSR count). The molecule has 0 amide bonds. The van der Waals surface area contributed by atoms with Crippen molar-refractivity contribution >= 4 is 11.6 Å². The van der Waals surface area contributed by atoms with Gasteiger partial charge in [-0.3, -0.25) is 0 Å². The zero-order valence-corrected chi connectivity index (χ0v) is 7.57. The van der Waals surface area contributed by atoms with Crippen molar-refractivity contribution in [1.82, 2.24) is 0 Å². The molecule has 1 unspecified atom stereocenters. The van der Waals surface area contributed by atoms with Crippen LogP contribution in [-0.4, -0.2) is 18.1 Å². The molecule has 2 fully saturated rings. The summed E-state index contributed by atoms with van der Waals surface area (Å²) in [5.41, 5.74) is 0.127. The molecule has 1 nitrogen and oxygen atoms in total. The molecule has 1 aliphatic heterocycles. The predicted octanol–water partition coefficient (Wildman–Crippen LogP) is 2.57. The van der Waals surface area contributed by atoms with Gasteiger partial charge in [-0.15, -0.1) is 11.6 Å². The summed E-state index contributed by atoms with van der Waals surface area (Å²) in [4.78, 5) is 0. The van der Waals surface area contributed by atoms with Gasteiger partial charge in [0.2, 0.25) is 0 Å². The Balaban J connectivity index is 1.92. The lowest BCUT2D eigenvalue weighted by atomic mass is 9.81. The predicted molar refractivity (Wildman–Crippen MR) is 46.0 cm³/mol. The standard InChI is InChI=1S/C9H15ClO/c10-6-9(7-11-9)8-4-2-1-3-5-8/h8H,1-7H2. The molecule has 64 valence electrons. The zero-order chi connectivity index (χ0) is 7.73. The molecule has 2 heteroatoms. The second-order valence-corrected chi connectivity index (χ2v) is 4.09. The first kappa shape index (κ1) is 7.88. The van der Waals surface area contributed by atoms with E-state index in [4.69, 9.17) is 16.3 Å². The van der Waals surface area contributed by atoms with E-state index in [9.17, 15) is 0 Å². The highest BCUT2D eigenvalue weighted by atomic mass is 35.5. The van der Waals surface area contributed by atoms with Crippen molar-refractivity contribution in [2.75, 3.05) is 12.5 Å². The van der Waals surface area contributed by atoms with Crippen molar-refractivity contribution in [2.24, 2.45) is 5.92 Å². The summed E-state index contributed by atoms with van der Waals surface area (Å²) in [5, 5.41) is 0. The van der Waals surface area contributed by atoms with E-state index in [-0.39, 0.29) is 5.60 Å². The van der Waals surface area contributed by atoms with Crippen molar-refractivity contribution in [3.05, 3.63) is 0 Å². The molecular weight excluding hydrogens is 160 g/mol. The Morgan fingerprint density at radius 1 is 1.27 bits per heavy atom. The minimum atomic E-state index is 0.127. The molecule has 0 aromatic rings. The maximum atomic E-state index is 5.86. The maximum Gasteiger partial charge on any atom is 0.108 e. The molecule has 1 aliphatic carbocycles. The summed E-state index contributed by atoms with van der Waals surface area (Å²) in [6.07, 6.45) is 6.85. The first-order chi connectivity index (χ1) is 5.37. The van der Waals surface area contributed by atoms with E-state index in [1.165, 1.54) is 32.1 Å². The number of halogens is 1. The molecule has 1 atom stereocenters. The van der Waals surface area contributed by atoms with E-state index in [1.54, 1.807) is 0 Å².